The summed E-state index contributed by atoms with van der Waals surface area (Å²) < 4.78 is 6.29. The van der Waals surface area contributed by atoms with E-state index in [1.54, 1.807) is 14.0 Å². The highest BCUT2D eigenvalue weighted by Gasteiger charge is 2.32. The number of aliphatic carboxylic acids is 1. The van der Waals surface area contributed by atoms with Crippen molar-refractivity contribution < 1.29 is 19.4 Å². The number of aldehydes is 1. The first-order valence-electron chi connectivity index (χ1n) is 13.5. The molecule has 0 saturated heterocycles. The number of unbranched alkanes of at least 4 members (excludes halogenated alkanes) is 2. The van der Waals surface area contributed by atoms with Crippen LogP contribution in [0.3, 0.4) is 0 Å². The summed E-state index contributed by atoms with van der Waals surface area (Å²) in [5, 5.41) is 12.4. The maximum absolute atomic E-state index is 11.5. The quantitative estimate of drug-likeness (QED) is 0.107. The molecule has 0 radical (unpaired) electrons. The normalized spacial score (nSPS) is 12.3. The summed E-state index contributed by atoms with van der Waals surface area (Å²) in [6, 6.07) is 7.65. The second kappa shape index (κ2) is 20.1. The van der Waals surface area contributed by atoms with Gasteiger partial charge in [0.05, 0.1) is 0 Å². The molecular weight excluding hydrogens is 510 g/mol. The molecular formula is C31H49N3O4S. The molecule has 2 rings (SSSR count). The van der Waals surface area contributed by atoms with Crippen molar-refractivity contribution in [2.45, 2.75) is 89.8 Å². The molecule has 0 fully saturated rings. The van der Waals surface area contributed by atoms with Crippen molar-refractivity contribution in [2.24, 2.45) is 0 Å². The molecule has 1 unspecified atom stereocenters. The van der Waals surface area contributed by atoms with E-state index in [1.165, 1.54) is 36.7 Å². The Labute approximate surface area is 240 Å². The molecule has 2 N–H and O–H groups in total. The van der Waals surface area contributed by atoms with Crippen LogP contribution in [-0.4, -0.2) is 52.4 Å². The van der Waals surface area contributed by atoms with E-state index in [-0.39, 0.29) is 0 Å². The maximum Gasteiger partial charge on any atom is 0.319 e. The van der Waals surface area contributed by atoms with Gasteiger partial charge in [0.1, 0.15) is 16.3 Å². The zero-order valence-corrected chi connectivity index (χ0v) is 26.0. The number of carboxylic acids is 1. The van der Waals surface area contributed by atoms with E-state index in [0.29, 0.717) is 25.3 Å². The maximum atomic E-state index is 11.5. The van der Waals surface area contributed by atoms with Crippen LogP contribution in [0.4, 0.5) is 0 Å². The molecule has 0 amide bonds. The van der Waals surface area contributed by atoms with Crippen LogP contribution in [-0.2, 0) is 16.1 Å². The number of nitrogens with one attached hydrogen (secondary N) is 1. The Morgan fingerprint density at radius 3 is 2.28 bits per heavy atom. The second-order valence-electron chi connectivity index (χ2n) is 9.19. The number of aromatic nitrogens is 2. The van der Waals surface area contributed by atoms with Crippen molar-refractivity contribution in [1.82, 2.24) is 14.9 Å². The summed E-state index contributed by atoms with van der Waals surface area (Å²) in [5.74, 6) is -0.0854. The summed E-state index contributed by atoms with van der Waals surface area (Å²) in [7, 11) is 3.57. The third-order valence-corrected chi connectivity index (χ3v) is 7.69. The Kier molecular flexibility index (Phi) is 18.7. The predicted octanol–water partition coefficient (Wildman–Crippen LogP) is 7.55. The Bertz CT molecular complexity index is 1030. The Balaban J connectivity index is 0.00000100. The van der Waals surface area contributed by atoms with Crippen molar-refractivity contribution in [2.75, 3.05) is 20.8 Å². The number of rotatable bonds is 14. The molecule has 0 bridgehead atoms. The Morgan fingerprint density at radius 2 is 1.90 bits per heavy atom. The van der Waals surface area contributed by atoms with Crippen LogP contribution >= 0.6 is 11.8 Å². The van der Waals surface area contributed by atoms with Gasteiger partial charge in [0, 0.05) is 49.2 Å². The number of carbonyl (C=O) groups is 2. The van der Waals surface area contributed by atoms with E-state index < -0.39 is 10.7 Å². The predicted molar refractivity (Wildman–Crippen MR) is 165 cm³/mol. The van der Waals surface area contributed by atoms with Gasteiger partial charge in [0.2, 0.25) is 0 Å². The number of nitrogens with zero attached hydrogens (tertiary/aromatic N) is 2. The molecule has 0 aliphatic rings. The minimum absolute atomic E-state index is 0.435. The zero-order valence-electron chi connectivity index (χ0n) is 25.2. The molecule has 0 aliphatic heterocycles. The van der Waals surface area contributed by atoms with E-state index in [1.807, 2.05) is 75.7 Å². The number of hydrogen-bond donors (Lipinski definition) is 2. The first kappa shape index (κ1) is 36.2. The summed E-state index contributed by atoms with van der Waals surface area (Å²) in [4.78, 5) is 28.2. The average molecular weight is 560 g/mol. The molecule has 1 heterocycles. The van der Waals surface area contributed by atoms with Gasteiger partial charge in [0.15, 0.2) is 6.29 Å². The smallest absolute Gasteiger partial charge is 0.319 e. The van der Waals surface area contributed by atoms with Crippen molar-refractivity contribution in [3.63, 3.8) is 0 Å². The number of ether oxygens (including phenoxy) is 1. The molecule has 39 heavy (non-hydrogen) atoms. The van der Waals surface area contributed by atoms with Gasteiger partial charge in [0.25, 0.3) is 0 Å². The van der Waals surface area contributed by atoms with Crippen molar-refractivity contribution in [3.05, 3.63) is 60.1 Å². The topological polar surface area (TPSA) is 93.5 Å². The van der Waals surface area contributed by atoms with Crippen LogP contribution in [0, 0.1) is 6.92 Å². The molecule has 1 aromatic carbocycles. The lowest BCUT2D eigenvalue weighted by molar-refractivity contribution is -0.139. The van der Waals surface area contributed by atoms with Crippen molar-refractivity contribution in [1.29, 1.82) is 0 Å². The lowest BCUT2D eigenvalue weighted by Crippen LogP contribution is -2.30. The second-order valence-corrected chi connectivity index (χ2v) is 10.8. The van der Waals surface area contributed by atoms with Gasteiger partial charge in [-0.15, -0.1) is 18.3 Å². The van der Waals surface area contributed by atoms with Gasteiger partial charge >= 0.3 is 5.97 Å². The highest BCUT2D eigenvalue weighted by molar-refractivity contribution is 8.01. The van der Waals surface area contributed by atoms with Crippen molar-refractivity contribution >= 4 is 24.0 Å². The number of hydrogen-bond acceptors (Lipinski definition) is 6. The Morgan fingerprint density at radius 1 is 1.26 bits per heavy atom. The van der Waals surface area contributed by atoms with E-state index in [0.717, 1.165) is 34.7 Å². The molecule has 0 spiro atoms. The molecule has 2 aromatic rings. The van der Waals surface area contributed by atoms with E-state index in [4.69, 9.17) is 4.74 Å². The van der Waals surface area contributed by atoms with Gasteiger partial charge in [-0.05, 0) is 59.1 Å². The van der Waals surface area contributed by atoms with Crippen LogP contribution in [0.1, 0.15) is 82.9 Å². The van der Waals surface area contributed by atoms with Gasteiger partial charge in [-0.1, -0.05) is 51.0 Å². The van der Waals surface area contributed by atoms with Gasteiger partial charge < -0.3 is 19.7 Å². The molecule has 8 heteroatoms. The molecule has 0 saturated carbocycles. The highest BCUT2D eigenvalue weighted by Crippen LogP contribution is 2.36. The van der Waals surface area contributed by atoms with E-state index >= 15 is 0 Å². The first-order valence-corrected chi connectivity index (χ1v) is 14.4. The first-order chi connectivity index (χ1) is 18.6. The van der Waals surface area contributed by atoms with Crippen LogP contribution in [0.5, 0.6) is 0 Å². The SMILES string of the molecule is C/C=C(\C)NC.C=CCCCC.CCC(C)(Sc1ccc(-c2nc(C=O)c(C)n2CCCOC)cc1)C(=O)O. The minimum atomic E-state index is -0.860. The fraction of sp³-hybridized carbons (Fsp3) is 0.516. The Hall–Kier alpha value is -2.84. The molecule has 1 aromatic heterocycles. The summed E-state index contributed by atoms with van der Waals surface area (Å²) in [5.41, 5.74) is 3.38. The highest BCUT2D eigenvalue weighted by atomic mass is 32.2. The fourth-order valence-corrected chi connectivity index (χ4v) is 4.24. The summed E-state index contributed by atoms with van der Waals surface area (Å²) in [6.07, 6.45) is 9.87. The molecule has 218 valence electrons. The lowest BCUT2D eigenvalue weighted by atomic mass is 10.1. The number of carboxylic acid groups (broad SMARTS) is 1. The van der Waals surface area contributed by atoms with Crippen LogP contribution in [0.15, 0.2) is 53.6 Å². The largest absolute Gasteiger partial charge is 0.480 e. The van der Waals surface area contributed by atoms with E-state index in [9.17, 15) is 14.7 Å². The van der Waals surface area contributed by atoms with Gasteiger partial charge in [-0.2, -0.15) is 0 Å². The number of imidazole rings is 1. The standard InChI is InChI=1S/C20H26N2O4S.C6H12.C5H11N/c1-5-20(3,19(24)25)27-16-9-7-15(8-10-16)18-21-17(13-23)14(2)22(18)11-6-12-26-4;1-3-5-6-4-2;1-4-5(2)6-3/h7-10,13H,5-6,11-12H2,1-4H3,(H,24,25);3H,1,4-6H2,2H3;4,6H,1-3H3/b;;5-4+. The van der Waals surface area contributed by atoms with Crippen LogP contribution in [0.25, 0.3) is 11.4 Å². The third-order valence-electron chi connectivity index (χ3n) is 6.27. The number of carbonyl (C=O) groups excluding carboxylic acids is 1. The number of allylic oxidation sites excluding steroid dienone is 3. The fourth-order valence-electron chi connectivity index (χ4n) is 3.22. The van der Waals surface area contributed by atoms with Crippen LogP contribution in [0.2, 0.25) is 0 Å². The summed E-state index contributed by atoms with van der Waals surface area (Å²) in [6.45, 7) is 16.6. The lowest BCUT2D eigenvalue weighted by Gasteiger charge is -2.22. The number of methoxy groups -OCH3 is 1. The molecule has 1 atom stereocenters. The van der Waals surface area contributed by atoms with Crippen molar-refractivity contribution in [3.8, 4) is 11.4 Å². The van der Waals surface area contributed by atoms with E-state index in [2.05, 4.69) is 23.8 Å². The number of benzene rings is 1. The molecule has 0 aliphatic carbocycles. The van der Waals surface area contributed by atoms with Gasteiger partial charge in [-0.25, -0.2) is 4.98 Å². The summed E-state index contributed by atoms with van der Waals surface area (Å²) >= 11 is 1.34. The zero-order chi connectivity index (χ0) is 29.8. The molecule has 7 nitrogen and oxygen atoms in total. The monoisotopic (exact) mass is 559 g/mol. The average Bonchev–Trinajstić information content (AvgIpc) is 3.27. The third kappa shape index (κ3) is 12.7. The number of thioether (sulfide) groups is 1. The van der Waals surface area contributed by atoms with Crippen LogP contribution < -0.4 is 5.32 Å². The minimum Gasteiger partial charge on any atom is -0.480 e. The van der Waals surface area contributed by atoms with Gasteiger partial charge in [-0.3, -0.25) is 9.59 Å².